The second kappa shape index (κ2) is 2.58. The lowest BCUT2D eigenvalue weighted by Crippen LogP contribution is -2.06. The largest absolute Gasteiger partial charge is 0.488 e. The van der Waals surface area contributed by atoms with E-state index in [2.05, 4.69) is 0 Å². The van der Waals surface area contributed by atoms with Crippen LogP contribution in [0.5, 0.6) is 5.75 Å². The Morgan fingerprint density at radius 3 is 2.73 bits per heavy atom. The second-order valence-electron chi connectivity index (χ2n) is 2.47. The average Bonchev–Trinajstić information content (AvgIpc) is 2.05. The highest BCUT2D eigenvalue weighted by molar-refractivity contribution is 6.31. The van der Waals surface area contributed by atoms with E-state index in [1.54, 1.807) is 0 Å². The van der Waals surface area contributed by atoms with Crippen molar-refractivity contribution in [2.24, 2.45) is 0 Å². The molecule has 0 fully saturated rings. The molecule has 2 heterocycles. The Hall–Kier alpha value is -0.400. The molecule has 3 rings (SSSR count). The molecule has 0 aliphatic carbocycles. The van der Waals surface area contributed by atoms with Crippen molar-refractivity contribution >= 4 is 23.2 Å². The van der Waals surface area contributed by atoms with Gasteiger partial charge in [0.2, 0.25) is 0 Å². The molecule has 0 radical (unpaired) electrons. The van der Waals surface area contributed by atoms with E-state index in [1.165, 1.54) is 0 Å². The molecular weight excluding hydrogens is 183 g/mol. The first-order chi connectivity index (χ1) is 5.31. The van der Waals surface area contributed by atoms with E-state index in [9.17, 15) is 0 Å². The van der Waals surface area contributed by atoms with Crippen LogP contribution in [0.15, 0.2) is 12.1 Å². The lowest BCUT2D eigenvalue weighted by atomic mass is 10.1. The summed E-state index contributed by atoms with van der Waals surface area (Å²) in [6.07, 6.45) is 0. The minimum absolute atomic E-state index is 0.486. The zero-order chi connectivity index (χ0) is 7.84. The zero-order valence-electron chi connectivity index (χ0n) is 5.73. The molecule has 3 heteroatoms. The molecule has 0 atom stereocenters. The molecule has 11 heavy (non-hydrogen) atoms. The number of halogens is 2. The van der Waals surface area contributed by atoms with Crippen LogP contribution in [-0.2, 0) is 12.5 Å². The van der Waals surface area contributed by atoms with Crippen LogP contribution in [0.1, 0.15) is 11.1 Å². The second-order valence-corrected chi connectivity index (χ2v) is 3.15. The number of rotatable bonds is 1. The summed E-state index contributed by atoms with van der Waals surface area (Å²) in [5.74, 6) is 1.31. The number of hydrogen-bond donors (Lipinski definition) is 0. The van der Waals surface area contributed by atoms with Gasteiger partial charge in [-0.1, -0.05) is 11.6 Å². The van der Waals surface area contributed by atoms with E-state index in [0.717, 1.165) is 21.9 Å². The Morgan fingerprint density at radius 2 is 2.27 bits per heavy atom. The van der Waals surface area contributed by atoms with Gasteiger partial charge in [0, 0.05) is 11.1 Å². The summed E-state index contributed by atoms with van der Waals surface area (Å²) in [6.45, 7) is 0.588. The third-order valence-corrected chi connectivity index (χ3v) is 2.40. The predicted octanol–water partition coefficient (Wildman–Crippen LogP) is 2.97. The maximum absolute atomic E-state index is 5.87. The fourth-order valence-corrected chi connectivity index (χ4v) is 1.57. The van der Waals surface area contributed by atoms with Crippen molar-refractivity contribution in [1.29, 1.82) is 0 Å². The standard InChI is InChI=1S/C8H6Cl2O/c9-3-5-1-6-4-11-8(5)2-7(6)10/h1-2H,3-4H2. The van der Waals surface area contributed by atoms with Crippen LogP contribution < -0.4 is 4.74 Å². The van der Waals surface area contributed by atoms with Gasteiger partial charge in [-0.2, -0.15) is 0 Å². The van der Waals surface area contributed by atoms with Crippen molar-refractivity contribution in [3.05, 3.63) is 28.3 Å². The highest BCUT2D eigenvalue weighted by atomic mass is 35.5. The molecule has 0 saturated heterocycles. The highest BCUT2D eigenvalue weighted by Gasteiger charge is 2.15. The van der Waals surface area contributed by atoms with Gasteiger partial charge in [-0.25, -0.2) is 0 Å². The summed E-state index contributed by atoms with van der Waals surface area (Å²) in [7, 11) is 0. The molecule has 0 spiro atoms. The summed E-state index contributed by atoms with van der Waals surface area (Å²) in [6, 6.07) is 3.81. The van der Waals surface area contributed by atoms with Crippen LogP contribution in [0.25, 0.3) is 0 Å². The number of fused-ring (bicyclic) bond motifs is 3. The van der Waals surface area contributed by atoms with Crippen LogP contribution in [0, 0.1) is 0 Å². The molecule has 2 bridgehead atoms. The summed E-state index contributed by atoms with van der Waals surface area (Å²) in [5.41, 5.74) is 2.05. The minimum Gasteiger partial charge on any atom is -0.488 e. The highest BCUT2D eigenvalue weighted by Crippen LogP contribution is 2.33. The lowest BCUT2D eigenvalue weighted by molar-refractivity contribution is 0.292. The smallest absolute Gasteiger partial charge is 0.125 e. The van der Waals surface area contributed by atoms with Gasteiger partial charge in [0.05, 0.1) is 10.9 Å². The lowest BCUT2D eigenvalue weighted by Gasteiger charge is -2.19. The molecule has 58 valence electrons. The first kappa shape index (κ1) is 7.26. The predicted molar refractivity (Wildman–Crippen MR) is 45.3 cm³/mol. The SMILES string of the molecule is ClCc1cc2c(Cl)cc1OC2. The van der Waals surface area contributed by atoms with Gasteiger partial charge < -0.3 is 4.74 Å². The van der Waals surface area contributed by atoms with Crippen molar-refractivity contribution in [2.75, 3.05) is 0 Å². The monoisotopic (exact) mass is 188 g/mol. The Bertz CT molecular complexity index is 296. The van der Waals surface area contributed by atoms with E-state index in [-0.39, 0.29) is 0 Å². The van der Waals surface area contributed by atoms with Gasteiger partial charge in [-0.05, 0) is 12.1 Å². The Morgan fingerprint density at radius 1 is 1.45 bits per heavy atom. The molecule has 2 aliphatic rings. The summed E-state index contributed by atoms with van der Waals surface area (Å²) < 4.78 is 5.32. The molecule has 1 aromatic carbocycles. The number of benzene rings is 1. The van der Waals surface area contributed by atoms with Crippen molar-refractivity contribution < 1.29 is 4.74 Å². The first-order valence-electron chi connectivity index (χ1n) is 3.31. The fourth-order valence-electron chi connectivity index (χ4n) is 1.16. The van der Waals surface area contributed by atoms with Gasteiger partial charge in [0.15, 0.2) is 0 Å². The van der Waals surface area contributed by atoms with E-state index >= 15 is 0 Å². The van der Waals surface area contributed by atoms with Crippen molar-refractivity contribution in [3.63, 3.8) is 0 Å². The Labute approximate surface area is 74.9 Å². The molecule has 0 unspecified atom stereocenters. The summed E-state index contributed by atoms with van der Waals surface area (Å²) in [5, 5.41) is 0.778. The van der Waals surface area contributed by atoms with E-state index in [4.69, 9.17) is 27.9 Å². The summed E-state index contributed by atoms with van der Waals surface area (Å²) >= 11 is 11.5. The molecule has 0 aromatic heterocycles. The van der Waals surface area contributed by atoms with Gasteiger partial charge in [0.1, 0.15) is 12.4 Å². The topological polar surface area (TPSA) is 9.23 Å². The maximum atomic E-state index is 5.87. The normalized spacial score (nSPS) is 13.3. The van der Waals surface area contributed by atoms with Crippen LogP contribution >= 0.6 is 23.2 Å². The quantitative estimate of drug-likeness (QED) is 0.617. The number of hydrogen-bond acceptors (Lipinski definition) is 1. The van der Waals surface area contributed by atoms with Crippen molar-refractivity contribution in [2.45, 2.75) is 12.5 Å². The van der Waals surface area contributed by atoms with Gasteiger partial charge in [-0.15, -0.1) is 11.6 Å². The van der Waals surface area contributed by atoms with Gasteiger partial charge in [0.25, 0.3) is 0 Å². The third kappa shape index (κ3) is 1.09. The van der Waals surface area contributed by atoms with E-state index in [1.807, 2.05) is 12.1 Å². The van der Waals surface area contributed by atoms with Crippen molar-refractivity contribution in [1.82, 2.24) is 0 Å². The van der Waals surface area contributed by atoms with Crippen LogP contribution in [0.4, 0.5) is 0 Å². The molecule has 0 N–H and O–H groups in total. The van der Waals surface area contributed by atoms with Gasteiger partial charge >= 0.3 is 0 Å². The van der Waals surface area contributed by atoms with Crippen molar-refractivity contribution in [3.8, 4) is 5.75 Å². The molecular formula is C8H6Cl2O. The van der Waals surface area contributed by atoms with Gasteiger partial charge in [-0.3, -0.25) is 0 Å². The first-order valence-corrected chi connectivity index (χ1v) is 4.22. The Kier molecular flexibility index (Phi) is 1.70. The zero-order valence-corrected chi connectivity index (χ0v) is 7.24. The molecule has 2 aliphatic heterocycles. The number of alkyl halides is 1. The van der Waals surface area contributed by atoms with E-state index < -0.39 is 0 Å². The third-order valence-electron chi connectivity index (χ3n) is 1.76. The number of ether oxygens (including phenoxy) is 1. The average molecular weight is 189 g/mol. The molecule has 1 aromatic rings. The van der Waals surface area contributed by atoms with Crippen LogP contribution in [0.2, 0.25) is 5.02 Å². The Balaban J connectivity index is 2.59. The fraction of sp³-hybridized carbons (Fsp3) is 0.250. The van der Waals surface area contributed by atoms with Crippen LogP contribution in [0.3, 0.4) is 0 Å². The molecule has 0 saturated carbocycles. The summed E-state index contributed by atoms with van der Waals surface area (Å²) in [4.78, 5) is 0. The molecule has 1 nitrogen and oxygen atoms in total. The molecule has 0 amide bonds. The minimum atomic E-state index is 0.486. The maximum Gasteiger partial charge on any atom is 0.125 e. The van der Waals surface area contributed by atoms with E-state index in [0.29, 0.717) is 12.5 Å². The van der Waals surface area contributed by atoms with Crippen LogP contribution in [-0.4, -0.2) is 0 Å².